The number of hydrogen-bond acceptors (Lipinski definition) is 5. The van der Waals surface area contributed by atoms with Crippen LogP contribution in [0, 0.1) is 6.92 Å². The summed E-state index contributed by atoms with van der Waals surface area (Å²) in [5.41, 5.74) is 2.40. The third kappa shape index (κ3) is 7.24. The molecule has 160 valence electrons. The number of benzene rings is 2. The van der Waals surface area contributed by atoms with Gasteiger partial charge in [0, 0.05) is 12.2 Å². The van der Waals surface area contributed by atoms with Crippen molar-refractivity contribution in [2.45, 2.75) is 26.7 Å². The van der Waals surface area contributed by atoms with Gasteiger partial charge in [0.15, 0.2) is 6.61 Å². The number of ether oxygens (including phenoxy) is 2. The number of carbonyl (C=O) groups is 3. The standard InChI is InChI=1S/C23H28N2O5/c1-4-13-25(15-21(26)24-20-8-6-5-7-17(20)2)22(27)16-30-23(28)14-18-9-11-19(29-3)12-10-18/h5-12H,4,13-16H2,1-3H3,(H,24,26). The number of rotatable bonds is 10. The summed E-state index contributed by atoms with van der Waals surface area (Å²) in [6, 6.07) is 14.5. The van der Waals surface area contributed by atoms with Crippen LogP contribution in [0.25, 0.3) is 0 Å². The van der Waals surface area contributed by atoms with Gasteiger partial charge in [0.1, 0.15) is 5.75 Å². The summed E-state index contributed by atoms with van der Waals surface area (Å²) in [5.74, 6) is -0.508. The Labute approximate surface area is 177 Å². The van der Waals surface area contributed by atoms with Gasteiger partial charge >= 0.3 is 5.97 Å². The molecule has 2 rings (SSSR count). The van der Waals surface area contributed by atoms with Gasteiger partial charge in [0.2, 0.25) is 5.91 Å². The van der Waals surface area contributed by atoms with Crippen LogP contribution in [-0.4, -0.2) is 49.5 Å². The Morgan fingerprint density at radius 1 is 1.03 bits per heavy atom. The van der Waals surface area contributed by atoms with Crippen molar-refractivity contribution in [2.75, 3.05) is 32.1 Å². The first-order valence-corrected chi connectivity index (χ1v) is 9.84. The van der Waals surface area contributed by atoms with Crippen LogP contribution in [0.15, 0.2) is 48.5 Å². The molecule has 0 unspecified atom stereocenters. The van der Waals surface area contributed by atoms with Crippen LogP contribution in [0.3, 0.4) is 0 Å². The molecule has 2 aromatic rings. The normalized spacial score (nSPS) is 10.2. The maximum Gasteiger partial charge on any atom is 0.310 e. The number of anilines is 1. The highest BCUT2D eigenvalue weighted by Crippen LogP contribution is 2.13. The maximum absolute atomic E-state index is 12.5. The number of aryl methyl sites for hydroxylation is 1. The van der Waals surface area contributed by atoms with Crippen LogP contribution in [-0.2, 0) is 25.5 Å². The molecular formula is C23H28N2O5. The first kappa shape index (κ1) is 22.9. The Hall–Kier alpha value is -3.35. The first-order valence-electron chi connectivity index (χ1n) is 9.84. The molecule has 0 atom stereocenters. The quantitative estimate of drug-likeness (QED) is 0.607. The fourth-order valence-corrected chi connectivity index (χ4v) is 2.83. The Morgan fingerprint density at radius 3 is 2.37 bits per heavy atom. The second kappa shape index (κ2) is 11.6. The number of esters is 1. The summed E-state index contributed by atoms with van der Waals surface area (Å²) < 4.78 is 10.2. The molecule has 0 saturated carbocycles. The lowest BCUT2D eigenvalue weighted by molar-refractivity contribution is -0.151. The molecule has 0 bridgehead atoms. The summed E-state index contributed by atoms with van der Waals surface area (Å²) in [6.45, 7) is 3.71. The van der Waals surface area contributed by atoms with Crippen molar-refractivity contribution in [3.8, 4) is 5.75 Å². The fraction of sp³-hybridized carbons (Fsp3) is 0.348. The predicted octanol–water partition coefficient (Wildman–Crippen LogP) is 2.97. The van der Waals surface area contributed by atoms with Gasteiger partial charge in [-0.05, 0) is 42.7 Å². The third-order valence-corrected chi connectivity index (χ3v) is 4.46. The van der Waals surface area contributed by atoms with Gasteiger partial charge in [0.05, 0.1) is 20.1 Å². The molecule has 0 aliphatic carbocycles. The van der Waals surface area contributed by atoms with Crippen molar-refractivity contribution in [2.24, 2.45) is 0 Å². The summed E-state index contributed by atoms with van der Waals surface area (Å²) in [6.07, 6.45) is 0.738. The molecule has 7 heteroatoms. The Morgan fingerprint density at radius 2 is 1.73 bits per heavy atom. The van der Waals surface area contributed by atoms with E-state index in [1.165, 1.54) is 4.90 Å². The smallest absolute Gasteiger partial charge is 0.310 e. The summed E-state index contributed by atoms with van der Waals surface area (Å²) in [5, 5.41) is 2.81. The molecule has 2 amide bonds. The van der Waals surface area contributed by atoms with E-state index in [1.54, 1.807) is 37.4 Å². The van der Waals surface area contributed by atoms with E-state index in [2.05, 4.69) is 5.32 Å². The maximum atomic E-state index is 12.5. The molecule has 0 aliphatic heterocycles. The van der Waals surface area contributed by atoms with Crippen molar-refractivity contribution >= 4 is 23.5 Å². The topological polar surface area (TPSA) is 84.9 Å². The molecule has 0 aromatic heterocycles. The van der Waals surface area contributed by atoms with E-state index in [0.29, 0.717) is 24.4 Å². The van der Waals surface area contributed by atoms with E-state index >= 15 is 0 Å². The lowest BCUT2D eigenvalue weighted by atomic mass is 10.1. The third-order valence-electron chi connectivity index (χ3n) is 4.46. The lowest BCUT2D eigenvalue weighted by Crippen LogP contribution is -2.41. The molecule has 0 fully saturated rings. The summed E-state index contributed by atoms with van der Waals surface area (Å²) in [7, 11) is 1.57. The van der Waals surface area contributed by atoms with E-state index in [9.17, 15) is 14.4 Å². The second-order valence-electron chi connectivity index (χ2n) is 6.86. The highest BCUT2D eigenvalue weighted by atomic mass is 16.5. The van der Waals surface area contributed by atoms with Crippen LogP contribution in [0.2, 0.25) is 0 Å². The second-order valence-corrected chi connectivity index (χ2v) is 6.86. The van der Waals surface area contributed by atoms with E-state index < -0.39 is 18.5 Å². The average molecular weight is 412 g/mol. The SMILES string of the molecule is CCCN(CC(=O)Nc1ccccc1C)C(=O)COC(=O)Cc1ccc(OC)cc1. The van der Waals surface area contributed by atoms with Gasteiger partial charge in [-0.1, -0.05) is 37.3 Å². The molecule has 30 heavy (non-hydrogen) atoms. The van der Waals surface area contributed by atoms with Crippen LogP contribution < -0.4 is 10.1 Å². The largest absolute Gasteiger partial charge is 0.497 e. The van der Waals surface area contributed by atoms with Gasteiger partial charge in [-0.2, -0.15) is 0 Å². The lowest BCUT2D eigenvalue weighted by Gasteiger charge is -2.21. The first-order chi connectivity index (χ1) is 14.4. The zero-order valence-corrected chi connectivity index (χ0v) is 17.6. The zero-order valence-electron chi connectivity index (χ0n) is 17.6. The van der Waals surface area contributed by atoms with Gasteiger partial charge in [-0.15, -0.1) is 0 Å². The summed E-state index contributed by atoms with van der Waals surface area (Å²) >= 11 is 0. The van der Waals surface area contributed by atoms with Gasteiger partial charge in [0.25, 0.3) is 5.91 Å². The average Bonchev–Trinajstić information content (AvgIpc) is 2.74. The van der Waals surface area contributed by atoms with Crippen LogP contribution in [0.4, 0.5) is 5.69 Å². The molecule has 0 radical (unpaired) electrons. The number of methoxy groups -OCH3 is 1. The highest BCUT2D eigenvalue weighted by Gasteiger charge is 2.19. The van der Waals surface area contributed by atoms with E-state index in [1.807, 2.05) is 32.0 Å². The van der Waals surface area contributed by atoms with E-state index in [4.69, 9.17) is 9.47 Å². The minimum atomic E-state index is -0.505. The minimum Gasteiger partial charge on any atom is -0.497 e. The number of nitrogens with one attached hydrogen (secondary N) is 1. The van der Waals surface area contributed by atoms with E-state index in [0.717, 1.165) is 11.1 Å². The van der Waals surface area contributed by atoms with Crippen molar-refractivity contribution < 1.29 is 23.9 Å². The molecule has 0 spiro atoms. The number of amides is 2. The Bertz CT molecular complexity index is 864. The number of hydrogen-bond donors (Lipinski definition) is 1. The van der Waals surface area contributed by atoms with Crippen molar-refractivity contribution in [3.63, 3.8) is 0 Å². The minimum absolute atomic E-state index is 0.0544. The number of nitrogens with zero attached hydrogens (tertiary/aromatic N) is 1. The molecule has 0 saturated heterocycles. The molecule has 0 aliphatic rings. The molecular weight excluding hydrogens is 384 g/mol. The van der Waals surface area contributed by atoms with Gasteiger partial charge in [-0.25, -0.2) is 0 Å². The van der Waals surface area contributed by atoms with Gasteiger partial charge in [-0.3, -0.25) is 14.4 Å². The molecule has 0 heterocycles. The van der Waals surface area contributed by atoms with Crippen LogP contribution in [0.1, 0.15) is 24.5 Å². The number of para-hydroxylation sites is 1. The molecule has 1 N–H and O–H groups in total. The molecule has 7 nitrogen and oxygen atoms in total. The predicted molar refractivity (Wildman–Crippen MR) is 114 cm³/mol. The van der Waals surface area contributed by atoms with Crippen molar-refractivity contribution in [1.29, 1.82) is 0 Å². The fourth-order valence-electron chi connectivity index (χ4n) is 2.83. The monoisotopic (exact) mass is 412 g/mol. The van der Waals surface area contributed by atoms with Crippen LogP contribution in [0.5, 0.6) is 5.75 Å². The van der Waals surface area contributed by atoms with Crippen LogP contribution >= 0.6 is 0 Å². The Kier molecular flexibility index (Phi) is 8.87. The highest BCUT2D eigenvalue weighted by molar-refractivity contribution is 5.95. The number of carbonyl (C=O) groups excluding carboxylic acids is 3. The Balaban J connectivity index is 1.85. The van der Waals surface area contributed by atoms with E-state index in [-0.39, 0.29) is 18.9 Å². The van der Waals surface area contributed by atoms with Gasteiger partial charge < -0.3 is 19.7 Å². The molecule has 2 aromatic carbocycles. The summed E-state index contributed by atoms with van der Waals surface area (Å²) in [4.78, 5) is 38.3. The zero-order chi connectivity index (χ0) is 21.9. The van der Waals surface area contributed by atoms with Crippen molar-refractivity contribution in [1.82, 2.24) is 4.90 Å². The van der Waals surface area contributed by atoms with Crippen molar-refractivity contribution in [3.05, 3.63) is 59.7 Å².